The maximum atomic E-state index is 13.7. The van der Waals surface area contributed by atoms with Gasteiger partial charge < -0.3 is 9.47 Å². The van der Waals surface area contributed by atoms with Crippen molar-refractivity contribution in [2.45, 2.75) is 6.61 Å². The number of amides is 1. The Bertz CT molecular complexity index is 1470. The van der Waals surface area contributed by atoms with Crippen LogP contribution in [0, 0.1) is 0 Å². The van der Waals surface area contributed by atoms with Gasteiger partial charge in [0.25, 0.3) is 5.91 Å². The summed E-state index contributed by atoms with van der Waals surface area (Å²) in [4.78, 5) is 20.6. The monoisotopic (exact) mass is 526 g/mol. The number of para-hydroxylation sites is 3. The number of rotatable bonds is 7. The van der Waals surface area contributed by atoms with Gasteiger partial charge in [-0.2, -0.15) is 0 Å². The number of halogens is 1. The summed E-state index contributed by atoms with van der Waals surface area (Å²) in [5.41, 5.74) is 3.09. The molecule has 37 heavy (non-hydrogen) atoms. The van der Waals surface area contributed by atoms with Gasteiger partial charge in [-0.25, -0.2) is 4.99 Å². The summed E-state index contributed by atoms with van der Waals surface area (Å²) in [6, 6.07) is 32.2. The average Bonchev–Trinajstić information content (AvgIpc) is 3.23. The predicted octanol–water partition coefficient (Wildman–Crippen LogP) is 7.74. The fraction of sp³-hybridized carbons (Fsp3) is 0.0667. The van der Waals surface area contributed by atoms with Crippen LogP contribution < -0.4 is 14.4 Å². The van der Waals surface area contributed by atoms with Crippen LogP contribution in [0.3, 0.4) is 0 Å². The summed E-state index contributed by atoms with van der Waals surface area (Å²) < 4.78 is 11.8. The number of anilines is 1. The number of methoxy groups -OCH3 is 1. The first-order valence-corrected chi connectivity index (χ1v) is 12.8. The first-order valence-electron chi connectivity index (χ1n) is 11.6. The van der Waals surface area contributed by atoms with Crippen LogP contribution >= 0.6 is 23.4 Å². The van der Waals surface area contributed by atoms with E-state index in [1.807, 2.05) is 109 Å². The van der Waals surface area contributed by atoms with Crippen molar-refractivity contribution >= 4 is 51.9 Å². The topological polar surface area (TPSA) is 51.1 Å². The molecular formula is C30H23ClN2O3S. The summed E-state index contributed by atoms with van der Waals surface area (Å²) in [7, 11) is 1.59. The van der Waals surface area contributed by atoms with Crippen LogP contribution in [0.5, 0.6) is 11.5 Å². The van der Waals surface area contributed by atoms with Crippen LogP contribution in [0.15, 0.2) is 113 Å². The molecule has 5 nitrogen and oxygen atoms in total. The molecule has 0 N–H and O–H groups in total. The van der Waals surface area contributed by atoms with Crippen LogP contribution in [-0.2, 0) is 11.4 Å². The second-order valence-electron chi connectivity index (χ2n) is 8.08. The van der Waals surface area contributed by atoms with E-state index in [1.165, 1.54) is 11.8 Å². The Morgan fingerprint density at radius 3 is 2.32 bits per heavy atom. The molecule has 1 saturated heterocycles. The van der Waals surface area contributed by atoms with Crippen molar-refractivity contribution in [3.8, 4) is 11.5 Å². The molecule has 0 aliphatic carbocycles. The Morgan fingerprint density at radius 1 is 0.892 bits per heavy atom. The van der Waals surface area contributed by atoms with E-state index < -0.39 is 0 Å². The number of aliphatic imine (C=N–C) groups is 1. The highest BCUT2D eigenvalue weighted by Crippen LogP contribution is 2.40. The smallest absolute Gasteiger partial charge is 0.271 e. The molecule has 1 aliphatic heterocycles. The van der Waals surface area contributed by atoms with E-state index in [9.17, 15) is 4.79 Å². The van der Waals surface area contributed by atoms with Crippen molar-refractivity contribution in [2.24, 2.45) is 4.99 Å². The van der Waals surface area contributed by atoms with Gasteiger partial charge >= 0.3 is 0 Å². The van der Waals surface area contributed by atoms with Crippen molar-refractivity contribution < 1.29 is 14.3 Å². The molecule has 184 valence electrons. The van der Waals surface area contributed by atoms with Crippen molar-refractivity contribution in [1.82, 2.24) is 0 Å². The van der Waals surface area contributed by atoms with Gasteiger partial charge in [-0.3, -0.25) is 9.69 Å². The third-order valence-corrected chi connectivity index (χ3v) is 6.99. The maximum absolute atomic E-state index is 13.7. The number of thioether (sulfide) groups is 1. The Balaban J connectivity index is 1.53. The van der Waals surface area contributed by atoms with Gasteiger partial charge in [0.05, 0.1) is 23.4 Å². The van der Waals surface area contributed by atoms with E-state index >= 15 is 0 Å². The molecule has 0 spiro atoms. The summed E-state index contributed by atoms with van der Waals surface area (Å²) in [6.45, 7) is 0.258. The van der Waals surface area contributed by atoms with Crippen molar-refractivity contribution in [3.63, 3.8) is 0 Å². The van der Waals surface area contributed by atoms with Gasteiger partial charge in [-0.05, 0) is 54.2 Å². The zero-order chi connectivity index (χ0) is 25.6. The second-order valence-corrected chi connectivity index (χ2v) is 9.49. The molecule has 1 fully saturated rings. The minimum absolute atomic E-state index is 0.161. The van der Waals surface area contributed by atoms with E-state index in [1.54, 1.807) is 12.0 Å². The second kappa shape index (κ2) is 11.4. The van der Waals surface area contributed by atoms with E-state index in [-0.39, 0.29) is 12.5 Å². The highest BCUT2D eigenvalue weighted by molar-refractivity contribution is 8.19. The van der Waals surface area contributed by atoms with Crippen LogP contribution in [0.2, 0.25) is 5.02 Å². The standard InChI is InChI=1S/C30H23ClN2O3S/c1-35-26-18-10-12-21(28(26)36-20-22-11-8-9-17-25(22)31)19-27-29(34)33(24-15-6-3-7-16-24)30(37-27)32-23-13-4-2-5-14-23/h2-19H,20H2,1H3/b27-19-,32-30?. The quantitative estimate of drug-likeness (QED) is 0.231. The van der Waals surface area contributed by atoms with Gasteiger partial charge in [-0.1, -0.05) is 78.3 Å². The minimum Gasteiger partial charge on any atom is -0.493 e. The van der Waals surface area contributed by atoms with Gasteiger partial charge in [0.1, 0.15) is 6.61 Å². The fourth-order valence-electron chi connectivity index (χ4n) is 3.83. The van der Waals surface area contributed by atoms with Gasteiger partial charge in [0.15, 0.2) is 16.7 Å². The first kappa shape index (κ1) is 24.7. The number of carbonyl (C=O) groups is 1. The Kier molecular flexibility index (Phi) is 7.59. The molecule has 0 radical (unpaired) electrons. The van der Waals surface area contributed by atoms with E-state index in [0.717, 1.165) is 22.5 Å². The lowest BCUT2D eigenvalue weighted by molar-refractivity contribution is -0.113. The van der Waals surface area contributed by atoms with E-state index in [0.29, 0.717) is 26.6 Å². The number of hydrogen-bond acceptors (Lipinski definition) is 5. The lowest BCUT2D eigenvalue weighted by Crippen LogP contribution is -2.28. The number of nitrogens with zero attached hydrogens (tertiary/aromatic N) is 2. The zero-order valence-corrected chi connectivity index (χ0v) is 21.6. The first-order chi connectivity index (χ1) is 18.1. The van der Waals surface area contributed by atoms with Crippen LogP contribution in [0.1, 0.15) is 11.1 Å². The van der Waals surface area contributed by atoms with Gasteiger partial charge in [0.2, 0.25) is 0 Å². The van der Waals surface area contributed by atoms with Crippen LogP contribution in [0.25, 0.3) is 6.08 Å². The molecule has 1 amide bonds. The zero-order valence-electron chi connectivity index (χ0n) is 20.0. The third kappa shape index (κ3) is 5.56. The normalized spacial score (nSPS) is 15.4. The number of carbonyl (C=O) groups excluding carboxylic acids is 1. The predicted molar refractivity (Wildman–Crippen MR) is 152 cm³/mol. The van der Waals surface area contributed by atoms with Gasteiger partial charge in [0, 0.05) is 16.1 Å². The number of benzene rings is 4. The van der Waals surface area contributed by atoms with Crippen molar-refractivity contribution in [3.05, 3.63) is 124 Å². The molecule has 4 aromatic rings. The number of ether oxygens (including phenoxy) is 2. The van der Waals surface area contributed by atoms with Gasteiger partial charge in [-0.15, -0.1) is 0 Å². The van der Waals surface area contributed by atoms with E-state index in [2.05, 4.69) is 0 Å². The molecule has 0 atom stereocenters. The third-order valence-electron chi connectivity index (χ3n) is 5.65. The largest absolute Gasteiger partial charge is 0.493 e. The Morgan fingerprint density at radius 2 is 1.59 bits per heavy atom. The summed E-state index contributed by atoms with van der Waals surface area (Å²) in [5, 5.41) is 1.20. The van der Waals surface area contributed by atoms with Crippen molar-refractivity contribution in [1.29, 1.82) is 0 Å². The van der Waals surface area contributed by atoms with Crippen LogP contribution in [-0.4, -0.2) is 18.2 Å². The lowest BCUT2D eigenvalue weighted by Gasteiger charge is -2.15. The highest BCUT2D eigenvalue weighted by atomic mass is 35.5. The highest BCUT2D eigenvalue weighted by Gasteiger charge is 2.35. The molecule has 1 heterocycles. The van der Waals surface area contributed by atoms with E-state index in [4.69, 9.17) is 26.1 Å². The number of hydrogen-bond donors (Lipinski definition) is 0. The fourth-order valence-corrected chi connectivity index (χ4v) is 5.02. The SMILES string of the molecule is COc1cccc(/C=C2\SC(=Nc3ccccc3)N(c3ccccc3)C2=O)c1OCc1ccccc1Cl. The minimum atomic E-state index is -0.161. The summed E-state index contributed by atoms with van der Waals surface area (Å²) in [6.07, 6.45) is 1.82. The molecule has 0 saturated carbocycles. The average molecular weight is 527 g/mol. The molecule has 7 heteroatoms. The lowest BCUT2D eigenvalue weighted by atomic mass is 10.1. The molecule has 0 aromatic heterocycles. The van der Waals surface area contributed by atoms with Crippen LogP contribution in [0.4, 0.5) is 11.4 Å². The summed E-state index contributed by atoms with van der Waals surface area (Å²) in [5.74, 6) is 0.936. The molecule has 0 unspecified atom stereocenters. The summed E-state index contributed by atoms with van der Waals surface area (Å²) >= 11 is 7.65. The number of amidine groups is 1. The molecule has 5 rings (SSSR count). The molecular weight excluding hydrogens is 504 g/mol. The molecule has 0 bridgehead atoms. The Hall–Kier alpha value is -4.00. The maximum Gasteiger partial charge on any atom is 0.271 e. The Labute approximate surface area is 225 Å². The van der Waals surface area contributed by atoms with Crippen molar-refractivity contribution in [2.75, 3.05) is 12.0 Å². The molecule has 4 aromatic carbocycles. The molecule has 1 aliphatic rings.